The molecule has 0 aromatic heterocycles. The van der Waals surface area contributed by atoms with Gasteiger partial charge in [-0.1, -0.05) is 29.8 Å². The van der Waals surface area contributed by atoms with E-state index < -0.39 is 0 Å². The SMILES string of the molecule is CNC(c1ccc(OC)cc1)c1cc(C)c(C)cc1Cl. The maximum atomic E-state index is 6.42. The van der Waals surface area contributed by atoms with Crippen molar-refractivity contribution >= 4 is 11.6 Å². The van der Waals surface area contributed by atoms with Gasteiger partial charge in [0.05, 0.1) is 13.2 Å². The summed E-state index contributed by atoms with van der Waals surface area (Å²) in [6.07, 6.45) is 0. The Morgan fingerprint density at radius 1 is 1.05 bits per heavy atom. The van der Waals surface area contributed by atoms with E-state index in [1.165, 1.54) is 16.7 Å². The maximum absolute atomic E-state index is 6.42. The molecule has 0 aliphatic rings. The Balaban J connectivity index is 2.43. The highest BCUT2D eigenvalue weighted by Gasteiger charge is 2.16. The number of hydrogen-bond donors (Lipinski definition) is 1. The van der Waals surface area contributed by atoms with E-state index in [0.717, 1.165) is 16.3 Å². The molecule has 1 N–H and O–H groups in total. The van der Waals surface area contributed by atoms with Crippen molar-refractivity contribution in [1.29, 1.82) is 0 Å². The van der Waals surface area contributed by atoms with Crippen LogP contribution in [0, 0.1) is 13.8 Å². The minimum atomic E-state index is 0.0766. The summed E-state index contributed by atoms with van der Waals surface area (Å²) >= 11 is 6.42. The van der Waals surface area contributed by atoms with Gasteiger partial charge in [0.1, 0.15) is 5.75 Å². The van der Waals surface area contributed by atoms with Crippen LogP contribution < -0.4 is 10.1 Å². The van der Waals surface area contributed by atoms with E-state index in [0.29, 0.717) is 0 Å². The summed E-state index contributed by atoms with van der Waals surface area (Å²) in [5, 5.41) is 4.13. The van der Waals surface area contributed by atoms with Gasteiger partial charge in [-0.25, -0.2) is 0 Å². The minimum Gasteiger partial charge on any atom is -0.497 e. The van der Waals surface area contributed by atoms with Crippen LogP contribution >= 0.6 is 11.6 Å². The van der Waals surface area contributed by atoms with Crippen LogP contribution in [-0.2, 0) is 0 Å². The zero-order valence-corrected chi connectivity index (χ0v) is 13.1. The summed E-state index contributed by atoms with van der Waals surface area (Å²) in [5.41, 5.74) is 4.72. The Hall–Kier alpha value is -1.51. The third-order valence-electron chi connectivity index (χ3n) is 3.66. The summed E-state index contributed by atoms with van der Waals surface area (Å²) in [6.45, 7) is 4.18. The number of rotatable bonds is 4. The monoisotopic (exact) mass is 289 g/mol. The van der Waals surface area contributed by atoms with Crippen molar-refractivity contribution in [3.8, 4) is 5.75 Å². The first-order valence-corrected chi connectivity index (χ1v) is 7.02. The van der Waals surface area contributed by atoms with Gasteiger partial charge in [-0.15, -0.1) is 0 Å². The van der Waals surface area contributed by atoms with E-state index in [1.807, 2.05) is 25.2 Å². The van der Waals surface area contributed by atoms with Gasteiger partial charge in [0.25, 0.3) is 0 Å². The molecule has 0 saturated carbocycles. The number of nitrogens with one attached hydrogen (secondary N) is 1. The number of hydrogen-bond acceptors (Lipinski definition) is 2. The van der Waals surface area contributed by atoms with Gasteiger partial charge in [-0.2, -0.15) is 0 Å². The molecular formula is C17H20ClNO. The average Bonchev–Trinajstić information content (AvgIpc) is 2.46. The summed E-state index contributed by atoms with van der Waals surface area (Å²) in [7, 11) is 3.62. The van der Waals surface area contributed by atoms with Crippen molar-refractivity contribution in [3.63, 3.8) is 0 Å². The summed E-state index contributed by atoms with van der Waals surface area (Å²) in [6, 6.07) is 12.3. The minimum absolute atomic E-state index is 0.0766. The fourth-order valence-electron chi connectivity index (χ4n) is 2.32. The lowest BCUT2D eigenvalue weighted by molar-refractivity contribution is 0.414. The third-order valence-corrected chi connectivity index (χ3v) is 3.99. The molecule has 2 aromatic rings. The van der Waals surface area contributed by atoms with E-state index in [4.69, 9.17) is 16.3 Å². The number of ether oxygens (including phenoxy) is 1. The lowest BCUT2D eigenvalue weighted by Gasteiger charge is -2.20. The highest BCUT2D eigenvalue weighted by atomic mass is 35.5. The molecule has 2 nitrogen and oxygen atoms in total. The van der Waals surface area contributed by atoms with Gasteiger partial charge in [0.2, 0.25) is 0 Å². The van der Waals surface area contributed by atoms with Crippen molar-refractivity contribution in [3.05, 3.63) is 63.7 Å². The Bertz CT molecular complexity index is 593. The molecule has 0 fully saturated rings. The van der Waals surface area contributed by atoms with Gasteiger partial charge in [-0.3, -0.25) is 0 Å². The summed E-state index contributed by atoms with van der Waals surface area (Å²) < 4.78 is 5.20. The van der Waals surface area contributed by atoms with Crippen LogP contribution in [-0.4, -0.2) is 14.2 Å². The molecule has 1 atom stereocenters. The molecular weight excluding hydrogens is 270 g/mol. The first-order chi connectivity index (χ1) is 9.56. The van der Waals surface area contributed by atoms with Gasteiger partial charge < -0.3 is 10.1 Å². The lowest BCUT2D eigenvalue weighted by Crippen LogP contribution is -2.18. The largest absolute Gasteiger partial charge is 0.497 e. The van der Waals surface area contributed by atoms with E-state index in [2.05, 4.69) is 37.4 Å². The molecule has 0 heterocycles. The Morgan fingerprint density at radius 3 is 2.20 bits per heavy atom. The van der Waals surface area contributed by atoms with Crippen molar-refractivity contribution < 1.29 is 4.74 Å². The molecule has 3 heteroatoms. The highest BCUT2D eigenvalue weighted by Crippen LogP contribution is 2.31. The molecule has 0 amide bonds. The van der Waals surface area contributed by atoms with E-state index in [1.54, 1.807) is 7.11 Å². The number of methoxy groups -OCH3 is 1. The van der Waals surface area contributed by atoms with Crippen LogP contribution in [0.2, 0.25) is 5.02 Å². The second-order valence-electron chi connectivity index (χ2n) is 4.95. The molecule has 0 bridgehead atoms. The Morgan fingerprint density at radius 2 is 1.65 bits per heavy atom. The first kappa shape index (κ1) is 14.9. The Kier molecular flexibility index (Phi) is 4.69. The number of benzene rings is 2. The van der Waals surface area contributed by atoms with Crippen LogP contribution in [0.15, 0.2) is 36.4 Å². The zero-order chi connectivity index (χ0) is 14.7. The molecule has 0 saturated heterocycles. The number of halogens is 1. The van der Waals surface area contributed by atoms with E-state index >= 15 is 0 Å². The molecule has 2 aromatic carbocycles. The maximum Gasteiger partial charge on any atom is 0.118 e. The van der Waals surface area contributed by atoms with E-state index in [9.17, 15) is 0 Å². The lowest BCUT2D eigenvalue weighted by atomic mass is 9.95. The predicted octanol–water partition coefficient (Wildman–Crippen LogP) is 4.27. The third kappa shape index (κ3) is 2.97. The molecule has 0 aliphatic heterocycles. The van der Waals surface area contributed by atoms with Crippen LogP contribution in [0.4, 0.5) is 0 Å². The van der Waals surface area contributed by atoms with E-state index in [-0.39, 0.29) is 6.04 Å². The summed E-state index contributed by atoms with van der Waals surface area (Å²) in [4.78, 5) is 0. The first-order valence-electron chi connectivity index (χ1n) is 6.64. The van der Waals surface area contributed by atoms with Gasteiger partial charge in [0, 0.05) is 5.02 Å². The van der Waals surface area contributed by atoms with Gasteiger partial charge >= 0.3 is 0 Å². The molecule has 0 aliphatic carbocycles. The van der Waals surface area contributed by atoms with Crippen LogP contribution in [0.3, 0.4) is 0 Å². The quantitative estimate of drug-likeness (QED) is 0.907. The van der Waals surface area contributed by atoms with Gasteiger partial charge in [0.15, 0.2) is 0 Å². The fourth-order valence-corrected chi connectivity index (χ4v) is 2.65. The molecule has 2 rings (SSSR count). The van der Waals surface area contributed by atoms with Crippen molar-refractivity contribution in [2.45, 2.75) is 19.9 Å². The zero-order valence-electron chi connectivity index (χ0n) is 12.3. The molecule has 0 radical (unpaired) electrons. The molecule has 1 unspecified atom stereocenters. The van der Waals surface area contributed by atoms with Crippen molar-refractivity contribution in [2.24, 2.45) is 0 Å². The highest BCUT2D eigenvalue weighted by molar-refractivity contribution is 6.31. The van der Waals surface area contributed by atoms with Crippen molar-refractivity contribution in [1.82, 2.24) is 5.32 Å². The van der Waals surface area contributed by atoms with Crippen molar-refractivity contribution in [2.75, 3.05) is 14.2 Å². The Labute approximate surface area is 125 Å². The topological polar surface area (TPSA) is 21.3 Å². The predicted molar refractivity (Wildman–Crippen MR) is 84.8 cm³/mol. The molecule has 20 heavy (non-hydrogen) atoms. The summed E-state index contributed by atoms with van der Waals surface area (Å²) in [5.74, 6) is 0.856. The van der Waals surface area contributed by atoms with Crippen LogP contribution in [0.5, 0.6) is 5.75 Å². The smallest absolute Gasteiger partial charge is 0.118 e. The van der Waals surface area contributed by atoms with Crippen LogP contribution in [0.1, 0.15) is 28.3 Å². The standard InChI is InChI=1S/C17H20ClNO/c1-11-9-15(16(18)10-12(11)2)17(19-3)13-5-7-14(20-4)8-6-13/h5-10,17,19H,1-4H3. The molecule has 106 valence electrons. The fraction of sp³-hybridized carbons (Fsp3) is 0.294. The number of aryl methyl sites for hydroxylation is 2. The van der Waals surface area contributed by atoms with Crippen LogP contribution in [0.25, 0.3) is 0 Å². The van der Waals surface area contributed by atoms with Gasteiger partial charge in [-0.05, 0) is 61.3 Å². The second-order valence-corrected chi connectivity index (χ2v) is 5.36. The second kappa shape index (κ2) is 6.29. The average molecular weight is 290 g/mol. The molecule has 0 spiro atoms. The normalized spacial score (nSPS) is 12.2.